The van der Waals surface area contributed by atoms with Crippen molar-refractivity contribution in [3.63, 3.8) is 0 Å². The zero-order valence-corrected chi connectivity index (χ0v) is 7.04. The summed E-state index contributed by atoms with van der Waals surface area (Å²) in [5.41, 5.74) is 1.21. The van der Waals surface area contributed by atoms with Gasteiger partial charge >= 0.3 is 0 Å². The molecule has 0 bridgehead atoms. The third kappa shape index (κ3) is 2.48. The number of ether oxygens (including phenoxy) is 2. The van der Waals surface area contributed by atoms with Crippen molar-refractivity contribution in [3.8, 4) is 0 Å². The average molecular weight is 154 g/mol. The van der Waals surface area contributed by atoms with Crippen molar-refractivity contribution in [1.82, 2.24) is 0 Å². The van der Waals surface area contributed by atoms with Crippen LogP contribution in [0.2, 0.25) is 0 Å². The van der Waals surface area contributed by atoms with Crippen LogP contribution in [0.25, 0.3) is 0 Å². The Labute approximate surface area is 67.5 Å². The largest absolute Gasteiger partial charge is 0.346 e. The highest BCUT2D eigenvalue weighted by molar-refractivity contribution is 4.98. The standard InChI is InChI=1S/C9H14O2/c1-4-8-6-10-9(11-8)5-7(2)3/h4-5,8-9H,1,6H2,2-3H3. The van der Waals surface area contributed by atoms with Gasteiger partial charge in [-0.3, -0.25) is 0 Å². The Hall–Kier alpha value is -0.600. The molecule has 1 saturated heterocycles. The van der Waals surface area contributed by atoms with E-state index in [0.717, 1.165) is 0 Å². The molecule has 11 heavy (non-hydrogen) atoms. The molecule has 0 N–H and O–H groups in total. The molecule has 1 aliphatic heterocycles. The second-order valence-corrected chi connectivity index (χ2v) is 2.86. The third-order valence-corrected chi connectivity index (χ3v) is 1.47. The number of hydrogen-bond acceptors (Lipinski definition) is 2. The number of rotatable bonds is 2. The van der Waals surface area contributed by atoms with Crippen molar-refractivity contribution in [2.24, 2.45) is 0 Å². The number of allylic oxidation sites excluding steroid dienone is 1. The summed E-state index contributed by atoms with van der Waals surface area (Å²) in [6.07, 6.45) is 3.63. The summed E-state index contributed by atoms with van der Waals surface area (Å²) < 4.78 is 10.7. The van der Waals surface area contributed by atoms with E-state index >= 15 is 0 Å². The summed E-state index contributed by atoms with van der Waals surface area (Å²) in [6.45, 7) is 8.30. The maximum atomic E-state index is 5.40. The molecule has 1 heterocycles. The summed E-state index contributed by atoms with van der Waals surface area (Å²) in [5, 5.41) is 0. The molecule has 0 spiro atoms. The minimum absolute atomic E-state index is 0.0654. The van der Waals surface area contributed by atoms with E-state index in [1.807, 2.05) is 19.9 Å². The summed E-state index contributed by atoms with van der Waals surface area (Å²) in [6, 6.07) is 0. The molecular formula is C9H14O2. The minimum Gasteiger partial charge on any atom is -0.346 e. The van der Waals surface area contributed by atoms with E-state index in [0.29, 0.717) is 6.61 Å². The monoisotopic (exact) mass is 154 g/mol. The van der Waals surface area contributed by atoms with Gasteiger partial charge < -0.3 is 9.47 Å². The summed E-state index contributed by atoms with van der Waals surface area (Å²) in [7, 11) is 0. The van der Waals surface area contributed by atoms with E-state index in [1.54, 1.807) is 6.08 Å². The van der Waals surface area contributed by atoms with Gasteiger partial charge in [-0.05, 0) is 19.9 Å². The molecule has 2 heteroatoms. The van der Waals surface area contributed by atoms with E-state index in [-0.39, 0.29) is 12.4 Å². The highest BCUT2D eigenvalue weighted by Crippen LogP contribution is 2.14. The van der Waals surface area contributed by atoms with Gasteiger partial charge in [0.25, 0.3) is 0 Å². The molecule has 2 atom stereocenters. The van der Waals surface area contributed by atoms with Crippen molar-refractivity contribution in [1.29, 1.82) is 0 Å². The van der Waals surface area contributed by atoms with Gasteiger partial charge in [-0.1, -0.05) is 11.6 Å². The van der Waals surface area contributed by atoms with Crippen LogP contribution < -0.4 is 0 Å². The van der Waals surface area contributed by atoms with Crippen molar-refractivity contribution in [2.45, 2.75) is 26.2 Å². The maximum Gasteiger partial charge on any atom is 0.178 e. The van der Waals surface area contributed by atoms with Crippen LogP contribution in [0.15, 0.2) is 24.3 Å². The lowest BCUT2D eigenvalue weighted by Crippen LogP contribution is -2.07. The smallest absolute Gasteiger partial charge is 0.178 e. The van der Waals surface area contributed by atoms with E-state index in [1.165, 1.54) is 5.57 Å². The molecule has 0 radical (unpaired) electrons. The molecule has 0 aromatic heterocycles. The molecule has 62 valence electrons. The summed E-state index contributed by atoms with van der Waals surface area (Å²) in [5.74, 6) is 0. The first-order valence-corrected chi connectivity index (χ1v) is 3.77. The Morgan fingerprint density at radius 2 is 2.27 bits per heavy atom. The second-order valence-electron chi connectivity index (χ2n) is 2.86. The second kappa shape index (κ2) is 3.69. The van der Waals surface area contributed by atoms with Crippen molar-refractivity contribution < 1.29 is 9.47 Å². The minimum atomic E-state index is -0.164. The molecule has 0 aliphatic carbocycles. The molecule has 0 aromatic rings. The lowest BCUT2D eigenvalue weighted by Gasteiger charge is -2.04. The van der Waals surface area contributed by atoms with Crippen LogP contribution in [0, 0.1) is 0 Å². The highest BCUT2D eigenvalue weighted by atomic mass is 16.7. The summed E-state index contributed by atoms with van der Waals surface area (Å²) >= 11 is 0. The molecule has 1 rings (SSSR count). The van der Waals surface area contributed by atoms with E-state index < -0.39 is 0 Å². The average Bonchev–Trinajstić information content (AvgIpc) is 2.34. The predicted octanol–water partition coefficient (Wildman–Crippen LogP) is 1.88. The highest BCUT2D eigenvalue weighted by Gasteiger charge is 2.20. The first-order chi connectivity index (χ1) is 5.22. The molecule has 2 nitrogen and oxygen atoms in total. The van der Waals surface area contributed by atoms with Crippen LogP contribution in [0.5, 0.6) is 0 Å². The molecule has 0 saturated carbocycles. The van der Waals surface area contributed by atoms with Gasteiger partial charge in [0.2, 0.25) is 0 Å². The van der Waals surface area contributed by atoms with Crippen molar-refractivity contribution >= 4 is 0 Å². The normalized spacial score (nSPS) is 30.0. The van der Waals surface area contributed by atoms with Crippen LogP contribution in [0.3, 0.4) is 0 Å². The zero-order chi connectivity index (χ0) is 8.27. The Bertz CT molecular complexity index is 168. The van der Waals surface area contributed by atoms with Crippen LogP contribution in [-0.2, 0) is 9.47 Å². The quantitative estimate of drug-likeness (QED) is 0.565. The maximum absolute atomic E-state index is 5.40. The van der Waals surface area contributed by atoms with Crippen molar-refractivity contribution in [3.05, 3.63) is 24.3 Å². The lowest BCUT2D eigenvalue weighted by atomic mass is 10.3. The molecule has 1 fully saturated rings. The molecule has 1 aliphatic rings. The van der Waals surface area contributed by atoms with Gasteiger partial charge in [-0.15, -0.1) is 6.58 Å². The lowest BCUT2D eigenvalue weighted by molar-refractivity contribution is -0.0121. The first kappa shape index (κ1) is 8.50. The third-order valence-electron chi connectivity index (χ3n) is 1.47. The van der Waals surface area contributed by atoms with Gasteiger partial charge in [0, 0.05) is 0 Å². The van der Waals surface area contributed by atoms with Gasteiger partial charge in [0.15, 0.2) is 6.29 Å². The zero-order valence-electron chi connectivity index (χ0n) is 7.04. The summed E-state index contributed by atoms with van der Waals surface area (Å²) in [4.78, 5) is 0. The van der Waals surface area contributed by atoms with Crippen LogP contribution in [0.1, 0.15) is 13.8 Å². The SMILES string of the molecule is C=CC1COC(C=C(C)C)O1. The Morgan fingerprint density at radius 3 is 2.73 bits per heavy atom. The van der Waals surface area contributed by atoms with Crippen LogP contribution >= 0.6 is 0 Å². The van der Waals surface area contributed by atoms with Gasteiger partial charge in [0.1, 0.15) is 6.10 Å². The Balaban J connectivity index is 2.41. The van der Waals surface area contributed by atoms with E-state index in [4.69, 9.17) is 9.47 Å². The van der Waals surface area contributed by atoms with Gasteiger partial charge in [0.05, 0.1) is 6.61 Å². The van der Waals surface area contributed by atoms with Crippen LogP contribution in [-0.4, -0.2) is 19.0 Å². The van der Waals surface area contributed by atoms with Crippen molar-refractivity contribution in [2.75, 3.05) is 6.61 Å². The molecule has 2 unspecified atom stereocenters. The van der Waals surface area contributed by atoms with Crippen LogP contribution in [0.4, 0.5) is 0 Å². The fourth-order valence-electron chi connectivity index (χ4n) is 0.924. The molecule has 0 aromatic carbocycles. The Morgan fingerprint density at radius 1 is 1.55 bits per heavy atom. The van der Waals surface area contributed by atoms with E-state index in [9.17, 15) is 0 Å². The van der Waals surface area contributed by atoms with E-state index in [2.05, 4.69) is 6.58 Å². The topological polar surface area (TPSA) is 18.5 Å². The fourth-order valence-corrected chi connectivity index (χ4v) is 0.924. The predicted molar refractivity (Wildman–Crippen MR) is 44.2 cm³/mol. The Kier molecular flexibility index (Phi) is 2.85. The first-order valence-electron chi connectivity index (χ1n) is 3.77. The van der Waals surface area contributed by atoms with Gasteiger partial charge in [-0.25, -0.2) is 0 Å². The number of hydrogen-bond donors (Lipinski definition) is 0. The van der Waals surface area contributed by atoms with Gasteiger partial charge in [-0.2, -0.15) is 0 Å². The molecule has 0 amide bonds. The fraction of sp³-hybridized carbons (Fsp3) is 0.556. The molecular weight excluding hydrogens is 140 g/mol.